The van der Waals surface area contributed by atoms with Crippen LogP contribution in [0.3, 0.4) is 0 Å². The fraction of sp³-hybridized carbons (Fsp3) is 0.0833. The molecule has 0 atom stereocenters. The molecule has 0 saturated carbocycles. The van der Waals surface area contributed by atoms with E-state index >= 15 is 0 Å². The Labute approximate surface area is 189 Å². The van der Waals surface area contributed by atoms with Crippen LogP contribution < -0.4 is 5.32 Å². The van der Waals surface area contributed by atoms with E-state index in [1.807, 2.05) is 74.6 Å². The van der Waals surface area contributed by atoms with Crippen molar-refractivity contribution in [1.82, 2.24) is 24.4 Å². The summed E-state index contributed by atoms with van der Waals surface area (Å²) in [4.78, 5) is 19.5. The number of aromatic nitrogens is 5. The van der Waals surface area contributed by atoms with E-state index in [4.69, 9.17) is 0 Å². The van der Waals surface area contributed by atoms with Crippen LogP contribution in [0, 0.1) is 6.92 Å². The van der Waals surface area contributed by atoms with E-state index in [0.29, 0.717) is 11.3 Å². The van der Waals surface area contributed by atoms with Crippen molar-refractivity contribution in [3.05, 3.63) is 90.5 Å². The summed E-state index contributed by atoms with van der Waals surface area (Å²) in [5.74, 6) is -0.287. The SMILES string of the molecule is Cc1c(-c2ccnc3cc(C(=O)Nc4ccccc4Sc4ccccc4)nn23)cnn1C. The fourth-order valence-corrected chi connectivity index (χ4v) is 4.34. The summed E-state index contributed by atoms with van der Waals surface area (Å²) in [7, 11) is 1.89. The standard InChI is InChI=1S/C24H20N6OS/c1-16-18(15-26-29(16)2)21-12-13-25-23-14-20(28-30(21)23)24(31)27-19-10-6-7-11-22(19)32-17-8-4-3-5-9-17/h3-15H,1-2H3,(H,27,31). The van der Waals surface area contributed by atoms with Crippen LogP contribution >= 0.6 is 11.8 Å². The molecule has 32 heavy (non-hydrogen) atoms. The number of hydrogen-bond acceptors (Lipinski definition) is 5. The number of rotatable bonds is 5. The van der Waals surface area contributed by atoms with Crippen molar-refractivity contribution in [2.45, 2.75) is 16.7 Å². The molecule has 0 spiro atoms. The lowest BCUT2D eigenvalue weighted by molar-refractivity contribution is 0.102. The molecule has 7 nitrogen and oxygen atoms in total. The van der Waals surface area contributed by atoms with Crippen molar-refractivity contribution in [1.29, 1.82) is 0 Å². The molecular weight excluding hydrogens is 420 g/mol. The summed E-state index contributed by atoms with van der Waals surface area (Å²) < 4.78 is 3.49. The molecular formula is C24H20N6OS. The van der Waals surface area contributed by atoms with Crippen molar-refractivity contribution in [2.24, 2.45) is 7.05 Å². The summed E-state index contributed by atoms with van der Waals surface area (Å²) in [6.45, 7) is 1.99. The zero-order valence-corrected chi connectivity index (χ0v) is 18.4. The minimum Gasteiger partial charge on any atom is -0.320 e. The summed E-state index contributed by atoms with van der Waals surface area (Å²) in [6, 6.07) is 21.4. The molecule has 0 fully saturated rings. The van der Waals surface area contributed by atoms with E-state index in [-0.39, 0.29) is 5.91 Å². The second kappa shape index (κ2) is 8.32. The Morgan fingerprint density at radius 3 is 2.59 bits per heavy atom. The maximum atomic E-state index is 13.1. The lowest BCUT2D eigenvalue weighted by atomic mass is 10.2. The molecule has 1 N–H and O–H groups in total. The smallest absolute Gasteiger partial charge is 0.276 e. The molecule has 3 aromatic heterocycles. The van der Waals surface area contributed by atoms with Gasteiger partial charge in [0.05, 0.1) is 17.6 Å². The average Bonchev–Trinajstić information content (AvgIpc) is 3.39. The Kier molecular flexibility index (Phi) is 5.20. The van der Waals surface area contributed by atoms with E-state index < -0.39 is 0 Å². The molecule has 0 aliphatic rings. The lowest BCUT2D eigenvalue weighted by Gasteiger charge is -2.09. The highest BCUT2D eigenvalue weighted by Crippen LogP contribution is 2.33. The predicted molar refractivity (Wildman–Crippen MR) is 125 cm³/mol. The van der Waals surface area contributed by atoms with Gasteiger partial charge in [0, 0.05) is 40.4 Å². The molecule has 8 heteroatoms. The van der Waals surface area contributed by atoms with Crippen LogP contribution in [0.2, 0.25) is 0 Å². The molecule has 5 rings (SSSR count). The highest BCUT2D eigenvalue weighted by molar-refractivity contribution is 7.99. The largest absolute Gasteiger partial charge is 0.320 e. The van der Waals surface area contributed by atoms with Gasteiger partial charge in [-0.3, -0.25) is 9.48 Å². The molecule has 0 aliphatic carbocycles. The number of amides is 1. The van der Waals surface area contributed by atoms with Crippen molar-refractivity contribution < 1.29 is 4.79 Å². The van der Waals surface area contributed by atoms with Gasteiger partial charge in [0.2, 0.25) is 0 Å². The Balaban J connectivity index is 1.46. The van der Waals surface area contributed by atoms with Crippen LogP contribution in [-0.4, -0.2) is 30.3 Å². The zero-order valence-electron chi connectivity index (χ0n) is 17.6. The molecule has 5 aromatic rings. The monoisotopic (exact) mass is 440 g/mol. The number of anilines is 1. The van der Waals surface area contributed by atoms with Crippen molar-refractivity contribution in [3.8, 4) is 11.3 Å². The molecule has 0 bridgehead atoms. The van der Waals surface area contributed by atoms with Gasteiger partial charge in [0.1, 0.15) is 0 Å². The Hall–Kier alpha value is -3.91. The van der Waals surface area contributed by atoms with E-state index in [9.17, 15) is 4.79 Å². The van der Waals surface area contributed by atoms with E-state index in [1.165, 1.54) is 0 Å². The first-order valence-corrected chi connectivity index (χ1v) is 10.9. The van der Waals surface area contributed by atoms with Crippen LogP contribution in [0.25, 0.3) is 16.9 Å². The number of carbonyl (C=O) groups is 1. The minimum absolute atomic E-state index is 0.287. The van der Waals surface area contributed by atoms with Gasteiger partial charge >= 0.3 is 0 Å². The quantitative estimate of drug-likeness (QED) is 0.423. The number of nitrogens with one attached hydrogen (secondary N) is 1. The molecule has 0 aliphatic heterocycles. The number of para-hydroxylation sites is 1. The number of aryl methyl sites for hydroxylation is 1. The topological polar surface area (TPSA) is 77.1 Å². The lowest BCUT2D eigenvalue weighted by Crippen LogP contribution is -2.13. The molecule has 1 amide bonds. The first-order valence-electron chi connectivity index (χ1n) is 10.1. The number of benzene rings is 2. The minimum atomic E-state index is -0.287. The third kappa shape index (κ3) is 3.76. The highest BCUT2D eigenvalue weighted by atomic mass is 32.2. The van der Waals surface area contributed by atoms with Gasteiger partial charge in [-0.25, -0.2) is 9.50 Å². The van der Waals surface area contributed by atoms with E-state index in [0.717, 1.165) is 32.4 Å². The van der Waals surface area contributed by atoms with Crippen LogP contribution in [0.15, 0.2) is 88.9 Å². The second-order valence-electron chi connectivity index (χ2n) is 7.26. The van der Waals surface area contributed by atoms with Gasteiger partial charge in [-0.1, -0.05) is 42.1 Å². The maximum Gasteiger partial charge on any atom is 0.276 e. The summed E-state index contributed by atoms with van der Waals surface area (Å²) >= 11 is 1.60. The maximum absolute atomic E-state index is 13.1. The first kappa shape index (κ1) is 20.0. The number of carbonyl (C=O) groups excluding carboxylic acids is 1. The van der Waals surface area contributed by atoms with Gasteiger partial charge < -0.3 is 5.32 Å². The third-order valence-corrected chi connectivity index (χ3v) is 6.29. The number of nitrogens with zero attached hydrogens (tertiary/aromatic N) is 5. The first-order chi connectivity index (χ1) is 15.6. The summed E-state index contributed by atoms with van der Waals surface area (Å²) in [5, 5.41) is 11.9. The predicted octanol–water partition coefficient (Wildman–Crippen LogP) is 4.84. The molecule has 158 valence electrons. The number of hydrogen-bond donors (Lipinski definition) is 1. The Morgan fingerprint density at radius 1 is 1.03 bits per heavy atom. The zero-order chi connectivity index (χ0) is 22.1. The highest BCUT2D eigenvalue weighted by Gasteiger charge is 2.17. The molecule has 3 heterocycles. The van der Waals surface area contributed by atoms with E-state index in [2.05, 4.69) is 20.5 Å². The van der Waals surface area contributed by atoms with Gasteiger partial charge in [0.15, 0.2) is 11.3 Å². The van der Waals surface area contributed by atoms with Crippen LogP contribution in [-0.2, 0) is 7.05 Å². The molecule has 2 aromatic carbocycles. The summed E-state index contributed by atoms with van der Waals surface area (Å²) in [5.41, 5.74) is 4.42. The number of fused-ring (bicyclic) bond motifs is 1. The van der Waals surface area contributed by atoms with E-state index in [1.54, 1.807) is 39.4 Å². The third-order valence-electron chi connectivity index (χ3n) is 5.21. The average molecular weight is 441 g/mol. The van der Waals surface area contributed by atoms with Crippen molar-refractivity contribution in [3.63, 3.8) is 0 Å². The van der Waals surface area contributed by atoms with Crippen LogP contribution in [0.4, 0.5) is 5.69 Å². The van der Waals surface area contributed by atoms with Gasteiger partial charge in [0.25, 0.3) is 5.91 Å². The fourth-order valence-electron chi connectivity index (χ4n) is 3.42. The van der Waals surface area contributed by atoms with Gasteiger partial charge in [-0.15, -0.1) is 0 Å². The van der Waals surface area contributed by atoms with Crippen LogP contribution in [0.1, 0.15) is 16.2 Å². The van der Waals surface area contributed by atoms with Crippen LogP contribution in [0.5, 0.6) is 0 Å². The molecule has 0 saturated heterocycles. The van der Waals surface area contributed by atoms with Crippen molar-refractivity contribution >= 4 is 29.0 Å². The molecule has 0 unspecified atom stereocenters. The normalized spacial score (nSPS) is 11.1. The Bertz CT molecular complexity index is 1420. The second-order valence-corrected chi connectivity index (χ2v) is 8.38. The van der Waals surface area contributed by atoms with Crippen molar-refractivity contribution in [2.75, 3.05) is 5.32 Å². The van der Waals surface area contributed by atoms with Gasteiger partial charge in [-0.2, -0.15) is 10.2 Å². The molecule has 0 radical (unpaired) electrons. The van der Waals surface area contributed by atoms with Gasteiger partial charge in [-0.05, 0) is 37.3 Å². The Morgan fingerprint density at radius 2 is 1.81 bits per heavy atom. The summed E-state index contributed by atoms with van der Waals surface area (Å²) in [6.07, 6.45) is 3.51.